The number of nitriles is 1. The minimum atomic E-state index is -0.251. The normalized spacial score (nSPS) is 18.9. The molecular weight excluding hydrogens is 224 g/mol. The summed E-state index contributed by atoms with van der Waals surface area (Å²) in [6.07, 6.45) is 3.62. The van der Waals surface area contributed by atoms with Gasteiger partial charge in [-0.15, -0.1) is 11.8 Å². The van der Waals surface area contributed by atoms with E-state index in [1.54, 1.807) is 13.0 Å². The highest BCUT2D eigenvalue weighted by atomic mass is 32.2. The van der Waals surface area contributed by atoms with Crippen LogP contribution in [0.4, 0.5) is 0 Å². The zero-order valence-corrected chi connectivity index (χ0v) is 10.1. The molecule has 0 aliphatic carbocycles. The maximum atomic E-state index is 11.2. The number of nitrogens with zero attached hydrogens (tertiary/aromatic N) is 1. The fraction of sp³-hybridized carbons (Fsp3) is 0.455. The first-order valence-electron chi connectivity index (χ1n) is 4.99. The van der Waals surface area contributed by atoms with E-state index in [0.717, 1.165) is 5.70 Å². The second-order valence-electron chi connectivity index (χ2n) is 3.22. The summed E-state index contributed by atoms with van der Waals surface area (Å²) < 4.78 is 4.82. The van der Waals surface area contributed by atoms with E-state index in [-0.39, 0.29) is 17.1 Å². The number of allylic oxidation sites excluding steroid dienone is 3. The summed E-state index contributed by atoms with van der Waals surface area (Å²) in [7, 11) is 0. The number of ether oxygens (including phenoxy) is 1. The number of esters is 1. The molecule has 0 aromatic rings. The number of dihydropyridines is 1. The zero-order chi connectivity index (χ0) is 12.0. The van der Waals surface area contributed by atoms with Crippen molar-refractivity contribution in [1.29, 1.82) is 5.26 Å². The van der Waals surface area contributed by atoms with Gasteiger partial charge in [0.15, 0.2) is 0 Å². The first-order chi connectivity index (χ1) is 7.67. The van der Waals surface area contributed by atoms with Crippen molar-refractivity contribution in [3.05, 3.63) is 23.4 Å². The lowest BCUT2D eigenvalue weighted by Gasteiger charge is -2.21. The fourth-order valence-corrected chi connectivity index (χ4v) is 2.18. The van der Waals surface area contributed by atoms with Crippen LogP contribution in [-0.2, 0) is 9.53 Å². The molecule has 1 aliphatic heterocycles. The molecule has 1 heterocycles. The smallest absolute Gasteiger partial charge is 0.315 e. The van der Waals surface area contributed by atoms with Crippen molar-refractivity contribution in [3.63, 3.8) is 0 Å². The predicted molar refractivity (Wildman–Crippen MR) is 63.5 cm³/mol. The Hall–Kier alpha value is -1.41. The molecule has 16 heavy (non-hydrogen) atoms. The molecule has 1 aliphatic rings. The number of hydrogen-bond acceptors (Lipinski definition) is 5. The third kappa shape index (κ3) is 3.63. The summed E-state index contributed by atoms with van der Waals surface area (Å²) >= 11 is 1.36. The van der Waals surface area contributed by atoms with Gasteiger partial charge < -0.3 is 10.1 Å². The summed E-state index contributed by atoms with van der Waals surface area (Å²) in [4.78, 5) is 11.2. The van der Waals surface area contributed by atoms with Crippen LogP contribution in [0.25, 0.3) is 0 Å². The SMILES string of the molecule is CCOC(=O)CSC1NC(C)=CC=C1C#N. The van der Waals surface area contributed by atoms with Crippen LogP contribution in [0.15, 0.2) is 23.4 Å². The van der Waals surface area contributed by atoms with Crippen LogP contribution in [0.2, 0.25) is 0 Å². The molecule has 86 valence electrons. The Bertz CT molecular complexity index is 369. The van der Waals surface area contributed by atoms with Crippen LogP contribution in [0.3, 0.4) is 0 Å². The van der Waals surface area contributed by atoms with Crippen molar-refractivity contribution in [2.75, 3.05) is 12.4 Å². The first kappa shape index (κ1) is 12.7. The summed E-state index contributed by atoms with van der Waals surface area (Å²) in [5.41, 5.74) is 1.61. The van der Waals surface area contributed by atoms with Gasteiger partial charge in [0.25, 0.3) is 0 Å². The van der Waals surface area contributed by atoms with Gasteiger partial charge in [-0.1, -0.05) is 0 Å². The Morgan fingerprint density at radius 2 is 2.44 bits per heavy atom. The number of nitrogens with one attached hydrogen (secondary N) is 1. The Labute approximate surface area is 99.3 Å². The van der Waals surface area contributed by atoms with E-state index in [0.29, 0.717) is 12.2 Å². The molecule has 1 N–H and O–H groups in total. The molecule has 0 spiro atoms. The van der Waals surface area contributed by atoms with Crippen LogP contribution in [0, 0.1) is 11.3 Å². The number of carbonyl (C=O) groups is 1. The second kappa shape index (κ2) is 6.23. The molecule has 5 heteroatoms. The maximum Gasteiger partial charge on any atom is 0.315 e. The third-order valence-electron chi connectivity index (χ3n) is 1.96. The summed E-state index contributed by atoms with van der Waals surface area (Å²) in [5, 5.41) is 11.9. The maximum absolute atomic E-state index is 11.2. The molecule has 0 radical (unpaired) electrons. The third-order valence-corrected chi connectivity index (χ3v) is 3.06. The molecule has 0 bridgehead atoms. The molecular formula is C11H14N2O2S. The highest BCUT2D eigenvalue weighted by Gasteiger charge is 2.18. The van der Waals surface area contributed by atoms with Crippen LogP contribution in [0.1, 0.15) is 13.8 Å². The number of thioether (sulfide) groups is 1. The largest absolute Gasteiger partial charge is 0.465 e. The molecule has 0 saturated heterocycles. The van der Waals surface area contributed by atoms with Crippen LogP contribution in [0.5, 0.6) is 0 Å². The van der Waals surface area contributed by atoms with Crippen LogP contribution in [-0.4, -0.2) is 23.7 Å². The standard InChI is InChI=1S/C11H14N2O2S/c1-3-15-10(14)7-16-11-9(6-12)5-4-8(2)13-11/h4-5,11,13H,3,7H2,1-2H3. The molecule has 0 amide bonds. The average molecular weight is 238 g/mol. The molecule has 0 fully saturated rings. The van der Waals surface area contributed by atoms with Crippen molar-refractivity contribution < 1.29 is 9.53 Å². The molecule has 1 atom stereocenters. The quantitative estimate of drug-likeness (QED) is 0.753. The Morgan fingerprint density at radius 3 is 3.06 bits per heavy atom. The van der Waals surface area contributed by atoms with Gasteiger partial charge in [-0.2, -0.15) is 5.26 Å². The van der Waals surface area contributed by atoms with Gasteiger partial charge in [0.05, 0.1) is 24.0 Å². The lowest BCUT2D eigenvalue weighted by molar-refractivity contribution is -0.139. The molecule has 0 saturated carbocycles. The fourth-order valence-electron chi connectivity index (χ4n) is 1.22. The number of carbonyl (C=O) groups excluding carboxylic acids is 1. The van der Waals surface area contributed by atoms with Gasteiger partial charge in [-0.3, -0.25) is 4.79 Å². The van der Waals surface area contributed by atoms with Crippen molar-refractivity contribution in [3.8, 4) is 6.07 Å². The van der Waals surface area contributed by atoms with E-state index >= 15 is 0 Å². The van der Waals surface area contributed by atoms with Crippen LogP contribution < -0.4 is 5.32 Å². The number of rotatable bonds is 4. The minimum Gasteiger partial charge on any atom is -0.465 e. The van der Waals surface area contributed by atoms with Gasteiger partial charge in [0, 0.05) is 5.70 Å². The molecule has 1 rings (SSSR count). The first-order valence-corrected chi connectivity index (χ1v) is 6.04. The van der Waals surface area contributed by atoms with E-state index in [4.69, 9.17) is 10.00 Å². The second-order valence-corrected chi connectivity index (χ2v) is 4.32. The van der Waals surface area contributed by atoms with E-state index < -0.39 is 0 Å². The number of hydrogen-bond donors (Lipinski definition) is 1. The monoisotopic (exact) mass is 238 g/mol. The van der Waals surface area contributed by atoms with Crippen molar-refractivity contribution in [1.82, 2.24) is 5.32 Å². The van der Waals surface area contributed by atoms with Gasteiger partial charge in [0.1, 0.15) is 5.37 Å². The Kier molecular flexibility index (Phi) is 4.93. The Balaban J connectivity index is 2.49. The summed E-state index contributed by atoms with van der Waals surface area (Å²) in [6.45, 7) is 4.08. The van der Waals surface area contributed by atoms with Gasteiger partial charge in [-0.25, -0.2) is 0 Å². The highest BCUT2D eigenvalue weighted by molar-refractivity contribution is 8.00. The van der Waals surface area contributed by atoms with Gasteiger partial charge in [-0.05, 0) is 26.0 Å². The molecule has 4 nitrogen and oxygen atoms in total. The summed E-state index contributed by atoms with van der Waals surface area (Å²) in [5.74, 6) is -0.00329. The van der Waals surface area contributed by atoms with E-state index in [9.17, 15) is 4.79 Å². The van der Waals surface area contributed by atoms with Crippen molar-refractivity contribution in [2.24, 2.45) is 0 Å². The molecule has 1 unspecified atom stereocenters. The van der Waals surface area contributed by atoms with Gasteiger partial charge >= 0.3 is 5.97 Å². The minimum absolute atomic E-state index is 0.153. The summed E-state index contributed by atoms with van der Waals surface area (Å²) in [6, 6.07) is 2.11. The molecule has 0 aromatic heterocycles. The van der Waals surface area contributed by atoms with E-state index in [1.165, 1.54) is 11.8 Å². The average Bonchev–Trinajstić information content (AvgIpc) is 2.27. The van der Waals surface area contributed by atoms with E-state index in [2.05, 4.69) is 11.4 Å². The highest BCUT2D eigenvalue weighted by Crippen LogP contribution is 2.21. The zero-order valence-electron chi connectivity index (χ0n) is 9.32. The van der Waals surface area contributed by atoms with Crippen LogP contribution >= 0.6 is 11.8 Å². The lowest BCUT2D eigenvalue weighted by Crippen LogP contribution is -2.29. The van der Waals surface area contributed by atoms with E-state index in [1.807, 2.05) is 13.0 Å². The Morgan fingerprint density at radius 1 is 1.69 bits per heavy atom. The lowest BCUT2D eigenvalue weighted by atomic mass is 10.2. The van der Waals surface area contributed by atoms with Gasteiger partial charge in [0.2, 0.25) is 0 Å². The van der Waals surface area contributed by atoms with Crippen molar-refractivity contribution in [2.45, 2.75) is 19.2 Å². The van der Waals surface area contributed by atoms with Crippen molar-refractivity contribution >= 4 is 17.7 Å². The topological polar surface area (TPSA) is 62.1 Å². The molecule has 0 aromatic carbocycles. The predicted octanol–water partition coefficient (Wildman–Crippen LogP) is 1.57.